The molecule has 1 aromatic rings. The van der Waals surface area contributed by atoms with E-state index in [1.807, 2.05) is 0 Å². The van der Waals surface area contributed by atoms with E-state index in [9.17, 15) is 0 Å². The SMILES string of the molecule is CCCCCCCCNC(=S)N1CCc2ccccc2C1. The maximum absolute atomic E-state index is 5.54. The minimum absolute atomic E-state index is 0.929. The number of unbranched alkanes of at least 4 members (excludes halogenated alkanes) is 5. The lowest BCUT2D eigenvalue weighted by molar-refractivity contribution is 0.386. The van der Waals surface area contributed by atoms with Gasteiger partial charge in [0.15, 0.2) is 5.11 Å². The lowest BCUT2D eigenvalue weighted by atomic mass is 10.0. The van der Waals surface area contributed by atoms with Crippen LogP contribution in [0.3, 0.4) is 0 Å². The summed E-state index contributed by atoms with van der Waals surface area (Å²) in [5.74, 6) is 0. The Morgan fingerprint density at radius 3 is 2.62 bits per heavy atom. The summed E-state index contributed by atoms with van der Waals surface area (Å²) in [5.41, 5.74) is 2.90. The number of fused-ring (bicyclic) bond motifs is 1. The van der Waals surface area contributed by atoms with Crippen LogP contribution in [0.4, 0.5) is 0 Å². The number of hydrogen-bond acceptors (Lipinski definition) is 1. The third-order valence-corrected chi connectivity index (χ3v) is 4.63. The van der Waals surface area contributed by atoms with E-state index in [0.29, 0.717) is 0 Å². The van der Waals surface area contributed by atoms with E-state index in [0.717, 1.165) is 31.2 Å². The topological polar surface area (TPSA) is 15.3 Å². The molecule has 2 nitrogen and oxygen atoms in total. The second kappa shape index (κ2) is 9.04. The molecule has 0 atom stereocenters. The van der Waals surface area contributed by atoms with Gasteiger partial charge in [0.2, 0.25) is 0 Å². The summed E-state index contributed by atoms with van der Waals surface area (Å²) < 4.78 is 0. The Bertz CT molecular complexity index is 445. The van der Waals surface area contributed by atoms with Gasteiger partial charge in [-0.1, -0.05) is 63.3 Å². The van der Waals surface area contributed by atoms with Crippen molar-refractivity contribution in [2.45, 2.75) is 58.4 Å². The molecule has 1 aromatic carbocycles. The van der Waals surface area contributed by atoms with Crippen LogP contribution < -0.4 is 5.32 Å². The Balaban J connectivity index is 1.64. The minimum Gasteiger partial charge on any atom is -0.363 e. The molecule has 1 aliphatic heterocycles. The first kappa shape index (κ1) is 16.3. The maximum atomic E-state index is 5.54. The van der Waals surface area contributed by atoms with Crippen molar-refractivity contribution in [1.82, 2.24) is 10.2 Å². The lowest BCUT2D eigenvalue weighted by Gasteiger charge is -2.31. The summed E-state index contributed by atoms with van der Waals surface area (Å²) in [6, 6.07) is 8.70. The largest absolute Gasteiger partial charge is 0.363 e. The van der Waals surface area contributed by atoms with Gasteiger partial charge >= 0.3 is 0 Å². The van der Waals surface area contributed by atoms with Crippen molar-refractivity contribution < 1.29 is 0 Å². The molecule has 0 aliphatic carbocycles. The molecule has 0 aromatic heterocycles. The molecule has 0 unspecified atom stereocenters. The van der Waals surface area contributed by atoms with Gasteiger partial charge in [0, 0.05) is 19.6 Å². The zero-order chi connectivity index (χ0) is 14.9. The molecular weight excluding hydrogens is 276 g/mol. The van der Waals surface area contributed by atoms with Crippen LogP contribution in [-0.2, 0) is 13.0 Å². The van der Waals surface area contributed by atoms with Gasteiger partial charge in [-0.05, 0) is 36.2 Å². The van der Waals surface area contributed by atoms with Crippen molar-refractivity contribution in [2.75, 3.05) is 13.1 Å². The molecule has 0 saturated heterocycles. The van der Waals surface area contributed by atoms with Gasteiger partial charge in [0.25, 0.3) is 0 Å². The Labute approximate surface area is 134 Å². The van der Waals surface area contributed by atoms with Crippen molar-refractivity contribution in [3.8, 4) is 0 Å². The van der Waals surface area contributed by atoms with E-state index < -0.39 is 0 Å². The molecule has 1 aliphatic rings. The number of nitrogens with one attached hydrogen (secondary N) is 1. The van der Waals surface area contributed by atoms with Gasteiger partial charge in [-0.2, -0.15) is 0 Å². The van der Waals surface area contributed by atoms with Crippen LogP contribution in [0.15, 0.2) is 24.3 Å². The zero-order valence-corrected chi connectivity index (χ0v) is 14.1. The number of benzene rings is 1. The van der Waals surface area contributed by atoms with Gasteiger partial charge in [-0.25, -0.2) is 0 Å². The fourth-order valence-corrected chi connectivity index (χ4v) is 3.14. The third-order valence-electron chi connectivity index (χ3n) is 4.22. The van der Waals surface area contributed by atoms with E-state index in [1.165, 1.54) is 49.7 Å². The smallest absolute Gasteiger partial charge is 0.169 e. The number of nitrogens with zero attached hydrogens (tertiary/aromatic N) is 1. The normalized spacial score (nSPS) is 13.9. The molecule has 21 heavy (non-hydrogen) atoms. The maximum Gasteiger partial charge on any atom is 0.169 e. The summed E-state index contributed by atoms with van der Waals surface area (Å²) in [6.07, 6.45) is 9.09. The number of hydrogen-bond donors (Lipinski definition) is 1. The van der Waals surface area contributed by atoms with Crippen LogP contribution in [-0.4, -0.2) is 23.1 Å². The fraction of sp³-hybridized carbons (Fsp3) is 0.611. The molecule has 0 fully saturated rings. The first-order chi connectivity index (χ1) is 10.3. The van der Waals surface area contributed by atoms with E-state index in [1.54, 1.807) is 0 Å². The van der Waals surface area contributed by atoms with Gasteiger partial charge in [-0.3, -0.25) is 0 Å². The highest BCUT2D eigenvalue weighted by Crippen LogP contribution is 2.18. The van der Waals surface area contributed by atoms with Gasteiger partial charge in [0.1, 0.15) is 0 Å². The van der Waals surface area contributed by atoms with Crippen LogP contribution >= 0.6 is 12.2 Å². The van der Waals surface area contributed by atoms with Crippen molar-refractivity contribution in [1.29, 1.82) is 0 Å². The molecule has 1 N–H and O–H groups in total. The molecule has 2 rings (SSSR count). The summed E-state index contributed by atoms with van der Waals surface area (Å²) >= 11 is 5.54. The zero-order valence-electron chi connectivity index (χ0n) is 13.2. The van der Waals surface area contributed by atoms with Crippen molar-refractivity contribution in [2.24, 2.45) is 0 Å². The van der Waals surface area contributed by atoms with Crippen LogP contribution in [0.5, 0.6) is 0 Å². The summed E-state index contributed by atoms with van der Waals surface area (Å²) in [4.78, 5) is 2.30. The highest BCUT2D eigenvalue weighted by Gasteiger charge is 2.17. The van der Waals surface area contributed by atoms with Gasteiger partial charge in [-0.15, -0.1) is 0 Å². The number of rotatable bonds is 7. The van der Waals surface area contributed by atoms with Crippen LogP contribution in [0.25, 0.3) is 0 Å². The Kier molecular flexibility index (Phi) is 7.01. The van der Waals surface area contributed by atoms with E-state index in [-0.39, 0.29) is 0 Å². The van der Waals surface area contributed by atoms with Crippen molar-refractivity contribution in [3.63, 3.8) is 0 Å². The summed E-state index contributed by atoms with van der Waals surface area (Å²) in [5, 5.41) is 4.36. The molecule has 0 amide bonds. The molecule has 0 spiro atoms. The fourth-order valence-electron chi connectivity index (χ4n) is 2.88. The average Bonchev–Trinajstić information content (AvgIpc) is 2.53. The average molecular weight is 305 g/mol. The van der Waals surface area contributed by atoms with Crippen LogP contribution in [0.2, 0.25) is 0 Å². The van der Waals surface area contributed by atoms with E-state index in [2.05, 4.69) is 41.4 Å². The minimum atomic E-state index is 0.929. The van der Waals surface area contributed by atoms with Crippen LogP contribution in [0, 0.1) is 0 Å². The van der Waals surface area contributed by atoms with Crippen LogP contribution in [0.1, 0.15) is 56.6 Å². The first-order valence-electron chi connectivity index (χ1n) is 8.41. The Morgan fingerprint density at radius 2 is 1.81 bits per heavy atom. The standard InChI is InChI=1S/C18H28N2S/c1-2-3-4-5-6-9-13-19-18(21)20-14-12-16-10-7-8-11-17(16)15-20/h7-8,10-11H,2-6,9,12-15H2,1H3,(H,19,21). The molecule has 1 heterocycles. The van der Waals surface area contributed by atoms with Crippen molar-refractivity contribution >= 4 is 17.3 Å². The second-order valence-electron chi connectivity index (χ2n) is 5.94. The lowest BCUT2D eigenvalue weighted by Crippen LogP contribution is -2.42. The second-order valence-corrected chi connectivity index (χ2v) is 6.33. The van der Waals surface area contributed by atoms with E-state index >= 15 is 0 Å². The van der Waals surface area contributed by atoms with Gasteiger partial charge in [0.05, 0.1) is 0 Å². The molecule has 0 radical (unpaired) electrons. The quantitative estimate of drug-likeness (QED) is 0.598. The summed E-state index contributed by atoms with van der Waals surface area (Å²) in [6.45, 7) is 5.28. The van der Waals surface area contributed by atoms with Crippen molar-refractivity contribution in [3.05, 3.63) is 35.4 Å². The highest BCUT2D eigenvalue weighted by molar-refractivity contribution is 7.80. The molecule has 116 valence electrons. The molecular formula is C18H28N2S. The Morgan fingerprint density at radius 1 is 1.10 bits per heavy atom. The monoisotopic (exact) mass is 304 g/mol. The van der Waals surface area contributed by atoms with Gasteiger partial charge < -0.3 is 10.2 Å². The first-order valence-corrected chi connectivity index (χ1v) is 8.81. The predicted molar refractivity (Wildman–Crippen MR) is 94.5 cm³/mol. The number of thiocarbonyl (C=S) groups is 1. The Hall–Kier alpha value is -1.09. The highest BCUT2D eigenvalue weighted by atomic mass is 32.1. The predicted octanol–water partition coefficient (Wildman–Crippen LogP) is 4.28. The summed E-state index contributed by atoms with van der Waals surface area (Å²) in [7, 11) is 0. The molecule has 0 saturated carbocycles. The molecule has 0 bridgehead atoms. The van der Waals surface area contributed by atoms with E-state index in [4.69, 9.17) is 12.2 Å². The third kappa shape index (κ3) is 5.31. The molecule has 3 heteroatoms.